The molecule has 200 valence electrons. The largest absolute Gasteiger partial charge is 0.385 e. The summed E-state index contributed by atoms with van der Waals surface area (Å²) < 4.78 is 25.4. The molecule has 7 nitrogen and oxygen atoms in total. The molecule has 0 radical (unpaired) electrons. The van der Waals surface area contributed by atoms with Crippen molar-refractivity contribution in [1.29, 1.82) is 0 Å². The molecule has 9 heteroatoms. The third kappa shape index (κ3) is 8.57. The van der Waals surface area contributed by atoms with Gasteiger partial charge in [0.25, 0.3) is 0 Å². The molecule has 0 bridgehead atoms. The Morgan fingerprint density at radius 1 is 1.34 bits per heavy atom. The van der Waals surface area contributed by atoms with Crippen molar-refractivity contribution in [2.24, 2.45) is 17.1 Å². The first-order chi connectivity index (χ1) is 16.5. The number of amides is 2. The van der Waals surface area contributed by atoms with Gasteiger partial charge in [-0.2, -0.15) is 0 Å². The number of nitrogens with one attached hydrogen (secondary N) is 1. The Morgan fingerprint density at radius 2 is 2.09 bits per heavy atom. The molecule has 0 unspecified atom stereocenters. The highest BCUT2D eigenvalue weighted by Gasteiger charge is 2.43. The van der Waals surface area contributed by atoms with Gasteiger partial charge in [-0.25, -0.2) is 9.18 Å². The van der Waals surface area contributed by atoms with Gasteiger partial charge in [0.05, 0.1) is 17.2 Å². The van der Waals surface area contributed by atoms with Gasteiger partial charge in [-0.15, -0.1) is 0 Å². The Labute approximate surface area is 214 Å². The van der Waals surface area contributed by atoms with Crippen molar-refractivity contribution in [3.63, 3.8) is 0 Å². The lowest BCUT2D eigenvalue weighted by molar-refractivity contribution is -0.0586. The summed E-state index contributed by atoms with van der Waals surface area (Å²) >= 11 is 6.06. The summed E-state index contributed by atoms with van der Waals surface area (Å²) in [5.74, 6) is -0.929. The number of ether oxygens (including phenoxy) is 2. The van der Waals surface area contributed by atoms with Crippen LogP contribution in [0.15, 0.2) is 18.2 Å². The van der Waals surface area contributed by atoms with Crippen LogP contribution in [0.1, 0.15) is 57.9 Å². The molecule has 1 aromatic carbocycles. The molecule has 1 heterocycles. The SMILES string of the molecule is COCCCC[C@@](O)(c1cccc(Cl)c1F)[C@@H]1CCCN(C(=O)NC[C@@H](N)CC(C)(C)COC)C1. The fourth-order valence-electron chi connectivity index (χ4n) is 5.15. The third-order valence-corrected chi connectivity index (χ3v) is 7.12. The van der Waals surface area contributed by atoms with Crippen molar-refractivity contribution < 1.29 is 23.8 Å². The number of carbonyl (C=O) groups excluding carboxylic acids is 1. The minimum atomic E-state index is -1.44. The van der Waals surface area contributed by atoms with Gasteiger partial charge in [0.2, 0.25) is 0 Å². The lowest BCUT2D eigenvalue weighted by Crippen LogP contribution is -2.52. The van der Waals surface area contributed by atoms with Crippen molar-refractivity contribution in [1.82, 2.24) is 10.2 Å². The fourth-order valence-corrected chi connectivity index (χ4v) is 5.33. The summed E-state index contributed by atoms with van der Waals surface area (Å²) in [5, 5.41) is 14.8. The second-order valence-corrected chi connectivity index (χ2v) is 10.9. The number of halogens is 2. The number of nitrogens with zero attached hydrogens (tertiary/aromatic N) is 1. The van der Waals surface area contributed by atoms with Crippen molar-refractivity contribution in [2.45, 2.75) is 64.0 Å². The van der Waals surface area contributed by atoms with E-state index in [4.69, 9.17) is 26.8 Å². The molecule has 0 aliphatic carbocycles. The maximum absolute atomic E-state index is 15.1. The Hall–Kier alpha value is -1.45. The first-order valence-electron chi connectivity index (χ1n) is 12.5. The number of piperidine rings is 1. The molecule has 3 atom stereocenters. The van der Waals surface area contributed by atoms with Gasteiger partial charge in [0.1, 0.15) is 5.82 Å². The summed E-state index contributed by atoms with van der Waals surface area (Å²) in [4.78, 5) is 14.7. The summed E-state index contributed by atoms with van der Waals surface area (Å²) in [7, 11) is 3.29. The van der Waals surface area contributed by atoms with Gasteiger partial charge in [0.15, 0.2) is 0 Å². The Bertz CT molecular complexity index is 813. The first kappa shape index (κ1) is 29.8. The van der Waals surface area contributed by atoms with Crippen LogP contribution in [0.4, 0.5) is 9.18 Å². The van der Waals surface area contributed by atoms with Crippen LogP contribution in [0, 0.1) is 17.2 Å². The summed E-state index contributed by atoms with van der Waals surface area (Å²) in [6.07, 6.45) is 3.86. The van der Waals surface area contributed by atoms with Crippen molar-refractivity contribution in [3.8, 4) is 0 Å². The van der Waals surface area contributed by atoms with Crippen LogP contribution in [0.25, 0.3) is 0 Å². The smallest absolute Gasteiger partial charge is 0.317 e. The number of nitrogens with two attached hydrogens (primary N) is 1. The molecule has 35 heavy (non-hydrogen) atoms. The Balaban J connectivity index is 2.09. The molecule has 2 rings (SSSR count). The normalized spacial score (nSPS) is 19.3. The zero-order chi connectivity index (χ0) is 26.1. The molecular weight excluding hydrogens is 473 g/mol. The second kappa shape index (κ2) is 13.7. The maximum Gasteiger partial charge on any atom is 0.317 e. The van der Waals surface area contributed by atoms with Crippen LogP contribution < -0.4 is 11.1 Å². The number of unbranched alkanes of at least 4 members (excludes halogenated alkanes) is 1. The Kier molecular flexibility index (Phi) is 11.7. The van der Waals surface area contributed by atoms with Gasteiger partial charge in [-0.1, -0.05) is 37.6 Å². The molecular formula is C26H43ClFN3O4. The van der Waals surface area contributed by atoms with Crippen LogP contribution >= 0.6 is 11.6 Å². The second-order valence-electron chi connectivity index (χ2n) is 10.5. The van der Waals surface area contributed by atoms with Crippen LogP contribution in [0.5, 0.6) is 0 Å². The third-order valence-electron chi connectivity index (χ3n) is 6.82. The highest BCUT2D eigenvalue weighted by Crippen LogP contribution is 2.42. The summed E-state index contributed by atoms with van der Waals surface area (Å²) in [6.45, 7) is 6.55. The minimum Gasteiger partial charge on any atom is -0.385 e. The van der Waals surface area contributed by atoms with E-state index in [1.165, 1.54) is 6.07 Å². The molecule has 2 amide bonds. The standard InChI is InChI=1S/C26H43ClFN3O4/c1-25(2,18-35-4)15-20(29)16-30-24(32)31-13-8-9-19(17-31)26(33,12-5-6-14-34-3)21-10-7-11-22(27)23(21)28/h7,10-11,19-20,33H,5-6,8-9,12-18,29H2,1-4H3,(H,30,32)/t19-,20+,26+/m1/s1. The average Bonchev–Trinajstić information content (AvgIpc) is 2.81. The quantitative estimate of drug-likeness (QED) is 0.340. The summed E-state index contributed by atoms with van der Waals surface area (Å²) in [5.41, 5.74) is 4.92. The molecule has 1 saturated heterocycles. The number of benzene rings is 1. The number of likely N-dealkylation sites (tertiary alicyclic amines) is 1. The minimum absolute atomic E-state index is 0.0198. The fraction of sp³-hybridized carbons (Fsp3) is 0.731. The molecule has 0 spiro atoms. The summed E-state index contributed by atoms with van der Waals surface area (Å²) in [6, 6.07) is 4.30. The molecule has 0 aromatic heterocycles. The van der Waals surface area contributed by atoms with E-state index in [9.17, 15) is 9.90 Å². The van der Waals surface area contributed by atoms with Crippen molar-refractivity contribution in [2.75, 3.05) is 47.1 Å². The lowest BCUT2D eigenvalue weighted by Gasteiger charge is -2.43. The van der Waals surface area contributed by atoms with Gasteiger partial charge in [-0.3, -0.25) is 0 Å². The van der Waals surface area contributed by atoms with E-state index in [0.29, 0.717) is 65.0 Å². The molecule has 4 N–H and O–H groups in total. The predicted octanol–water partition coefficient (Wildman–Crippen LogP) is 4.30. The Morgan fingerprint density at radius 3 is 2.77 bits per heavy atom. The zero-order valence-corrected chi connectivity index (χ0v) is 22.4. The van der Waals surface area contributed by atoms with Crippen LogP contribution in [-0.4, -0.2) is 69.1 Å². The molecule has 0 saturated carbocycles. The van der Waals surface area contributed by atoms with E-state index in [0.717, 1.165) is 6.42 Å². The number of aliphatic hydroxyl groups is 1. The van der Waals surface area contributed by atoms with E-state index in [1.807, 2.05) is 0 Å². The molecule has 1 fully saturated rings. The number of methoxy groups -OCH3 is 2. The van der Waals surface area contributed by atoms with Crippen LogP contribution in [0.2, 0.25) is 5.02 Å². The average molecular weight is 516 g/mol. The molecule has 1 aliphatic heterocycles. The zero-order valence-electron chi connectivity index (χ0n) is 21.6. The first-order valence-corrected chi connectivity index (χ1v) is 12.8. The highest BCUT2D eigenvalue weighted by molar-refractivity contribution is 6.30. The predicted molar refractivity (Wildman–Crippen MR) is 137 cm³/mol. The van der Waals surface area contributed by atoms with Gasteiger partial charge >= 0.3 is 6.03 Å². The topological polar surface area (TPSA) is 97.1 Å². The van der Waals surface area contributed by atoms with Gasteiger partial charge in [0, 0.05) is 58.0 Å². The van der Waals surface area contributed by atoms with Crippen LogP contribution in [-0.2, 0) is 15.1 Å². The number of carbonyl (C=O) groups is 1. The van der Waals surface area contributed by atoms with Gasteiger partial charge < -0.3 is 30.5 Å². The number of hydrogen-bond acceptors (Lipinski definition) is 5. The monoisotopic (exact) mass is 515 g/mol. The van der Waals surface area contributed by atoms with Crippen molar-refractivity contribution >= 4 is 17.6 Å². The number of hydrogen-bond donors (Lipinski definition) is 3. The molecule has 1 aromatic rings. The van der Waals surface area contributed by atoms with E-state index >= 15 is 4.39 Å². The van der Waals surface area contributed by atoms with E-state index in [1.54, 1.807) is 31.3 Å². The molecule has 1 aliphatic rings. The van der Waals surface area contributed by atoms with E-state index in [-0.39, 0.29) is 34.0 Å². The van der Waals surface area contributed by atoms with Crippen LogP contribution in [0.3, 0.4) is 0 Å². The number of urea groups is 1. The van der Waals surface area contributed by atoms with E-state index in [2.05, 4.69) is 19.2 Å². The van der Waals surface area contributed by atoms with E-state index < -0.39 is 11.4 Å². The van der Waals surface area contributed by atoms with Crippen molar-refractivity contribution in [3.05, 3.63) is 34.6 Å². The number of rotatable bonds is 13. The van der Waals surface area contributed by atoms with Gasteiger partial charge in [-0.05, 0) is 50.0 Å². The maximum atomic E-state index is 15.1. The highest BCUT2D eigenvalue weighted by atomic mass is 35.5. The lowest BCUT2D eigenvalue weighted by atomic mass is 9.74.